The Morgan fingerprint density at radius 2 is 1.56 bits per heavy atom. The Labute approximate surface area is 192 Å². The van der Waals surface area contributed by atoms with Crippen LogP contribution in [0.1, 0.15) is 12.0 Å². The maximum atomic E-state index is 4.53. The van der Waals surface area contributed by atoms with Gasteiger partial charge in [0.25, 0.3) is 0 Å². The summed E-state index contributed by atoms with van der Waals surface area (Å²) < 4.78 is 0. The van der Waals surface area contributed by atoms with Crippen molar-refractivity contribution in [1.29, 1.82) is 0 Å². The van der Waals surface area contributed by atoms with Crippen LogP contribution in [-0.2, 0) is 6.54 Å². The normalized spacial score (nSPS) is 18.7. The molecule has 3 heterocycles. The number of nitrogens with zero attached hydrogens (tertiary/aromatic N) is 7. The van der Waals surface area contributed by atoms with E-state index in [0.717, 1.165) is 90.3 Å². The fraction of sp³-hybridized carbons (Fsp3) is 0.542. The van der Waals surface area contributed by atoms with Crippen LogP contribution in [0.4, 0.5) is 5.95 Å². The molecule has 0 bridgehead atoms. The van der Waals surface area contributed by atoms with E-state index in [1.54, 1.807) is 0 Å². The van der Waals surface area contributed by atoms with Gasteiger partial charge in [-0.1, -0.05) is 30.3 Å². The van der Waals surface area contributed by atoms with Crippen molar-refractivity contribution in [3.63, 3.8) is 0 Å². The first-order chi connectivity index (χ1) is 15.8. The minimum absolute atomic E-state index is 0.849. The number of nitrogens with one attached hydrogen (secondary N) is 1. The zero-order valence-electron chi connectivity index (χ0n) is 19.2. The van der Waals surface area contributed by atoms with E-state index in [2.05, 4.69) is 70.2 Å². The molecule has 0 radical (unpaired) electrons. The Hall–Kier alpha value is -2.71. The number of hydrogen-bond acceptors (Lipinski definition) is 6. The molecule has 4 rings (SSSR count). The largest absolute Gasteiger partial charge is 0.356 e. The molecular weight excluding hydrogens is 400 g/mol. The fourth-order valence-electron chi connectivity index (χ4n) is 4.42. The molecule has 8 nitrogen and oxygen atoms in total. The van der Waals surface area contributed by atoms with E-state index in [0.29, 0.717) is 0 Å². The molecule has 1 aromatic heterocycles. The molecular formula is C24H36N8. The van der Waals surface area contributed by atoms with Crippen molar-refractivity contribution in [2.75, 3.05) is 77.4 Å². The molecule has 0 spiro atoms. The highest BCUT2D eigenvalue weighted by Crippen LogP contribution is 2.10. The molecule has 2 aliphatic rings. The lowest BCUT2D eigenvalue weighted by Crippen LogP contribution is -2.52. The van der Waals surface area contributed by atoms with Gasteiger partial charge in [-0.25, -0.2) is 9.97 Å². The lowest BCUT2D eigenvalue weighted by Gasteiger charge is -2.37. The standard InChI is InChI=1S/C24H36N8/c1-25-23(31-19-15-30(16-20-31)21-22-7-3-2-4-8-22)26-11-6-12-29-13-17-32(18-14-29)24-27-9-5-10-28-24/h2-5,7-10H,6,11-21H2,1H3,(H,25,26). The molecule has 0 saturated carbocycles. The van der Waals surface area contributed by atoms with E-state index in [4.69, 9.17) is 0 Å². The average molecular weight is 437 g/mol. The van der Waals surface area contributed by atoms with Gasteiger partial charge in [0.1, 0.15) is 0 Å². The first-order valence-corrected chi connectivity index (χ1v) is 11.8. The second-order valence-corrected chi connectivity index (χ2v) is 8.45. The molecule has 0 aliphatic carbocycles. The first-order valence-electron chi connectivity index (χ1n) is 11.8. The Morgan fingerprint density at radius 3 is 2.25 bits per heavy atom. The van der Waals surface area contributed by atoms with Crippen LogP contribution in [0.5, 0.6) is 0 Å². The van der Waals surface area contributed by atoms with Crippen LogP contribution in [0.25, 0.3) is 0 Å². The number of hydrogen-bond donors (Lipinski definition) is 1. The summed E-state index contributed by atoms with van der Waals surface area (Å²) in [6, 6.07) is 12.6. The summed E-state index contributed by atoms with van der Waals surface area (Å²) in [6.07, 6.45) is 4.75. The Bertz CT molecular complexity index is 812. The lowest BCUT2D eigenvalue weighted by molar-refractivity contribution is 0.172. The number of anilines is 1. The summed E-state index contributed by atoms with van der Waals surface area (Å²) in [7, 11) is 1.89. The summed E-state index contributed by atoms with van der Waals surface area (Å²) in [5.41, 5.74) is 1.39. The minimum atomic E-state index is 0.849. The van der Waals surface area contributed by atoms with Crippen molar-refractivity contribution in [1.82, 2.24) is 30.0 Å². The molecule has 0 amide bonds. The third-order valence-corrected chi connectivity index (χ3v) is 6.27. The second-order valence-electron chi connectivity index (χ2n) is 8.45. The third-order valence-electron chi connectivity index (χ3n) is 6.27. The van der Waals surface area contributed by atoms with Crippen LogP contribution >= 0.6 is 0 Å². The van der Waals surface area contributed by atoms with Gasteiger partial charge >= 0.3 is 0 Å². The van der Waals surface area contributed by atoms with Crippen LogP contribution in [0, 0.1) is 0 Å². The van der Waals surface area contributed by atoms with Gasteiger partial charge in [-0.15, -0.1) is 0 Å². The van der Waals surface area contributed by atoms with Crippen LogP contribution in [0.15, 0.2) is 53.8 Å². The van der Waals surface area contributed by atoms with E-state index < -0.39 is 0 Å². The van der Waals surface area contributed by atoms with Gasteiger partial charge in [0, 0.05) is 84.9 Å². The molecule has 2 aromatic rings. The van der Waals surface area contributed by atoms with Crippen LogP contribution in [0.2, 0.25) is 0 Å². The van der Waals surface area contributed by atoms with Crippen molar-refractivity contribution in [2.45, 2.75) is 13.0 Å². The first kappa shape index (κ1) is 22.5. The van der Waals surface area contributed by atoms with E-state index in [9.17, 15) is 0 Å². The van der Waals surface area contributed by atoms with Gasteiger partial charge in [-0.05, 0) is 24.6 Å². The Morgan fingerprint density at radius 1 is 0.875 bits per heavy atom. The molecule has 8 heteroatoms. The highest BCUT2D eigenvalue weighted by molar-refractivity contribution is 5.79. The quantitative estimate of drug-likeness (QED) is 0.400. The number of aliphatic imine (C=N–C) groups is 1. The average Bonchev–Trinajstić information content (AvgIpc) is 2.86. The van der Waals surface area contributed by atoms with Gasteiger partial charge in [-0.3, -0.25) is 14.8 Å². The number of guanidine groups is 1. The Kier molecular flexibility index (Phi) is 8.28. The van der Waals surface area contributed by atoms with E-state index >= 15 is 0 Å². The summed E-state index contributed by atoms with van der Waals surface area (Å²) in [5, 5.41) is 3.58. The molecule has 2 aliphatic heterocycles. The van der Waals surface area contributed by atoms with Crippen molar-refractivity contribution in [3.8, 4) is 0 Å². The molecule has 1 aromatic carbocycles. The van der Waals surface area contributed by atoms with E-state index in [1.165, 1.54) is 5.56 Å². The highest BCUT2D eigenvalue weighted by atomic mass is 15.3. The zero-order chi connectivity index (χ0) is 22.0. The Balaban J connectivity index is 1.11. The highest BCUT2D eigenvalue weighted by Gasteiger charge is 2.20. The number of benzene rings is 1. The number of aromatic nitrogens is 2. The lowest BCUT2D eigenvalue weighted by atomic mass is 10.2. The molecule has 1 N–H and O–H groups in total. The summed E-state index contributed by atoms with van der Waals surface area (Å²) in [6.45, 7) is 11.4. The summed E-state index contributed by atoms with van der Waals surface area (Å²) >= 11 is 0. The van der Waals surface area contributed by atoms with Gasteiger partial charge in [0.2, 0.25) is 5.95 Å². The maximum absolute atomic E-state index is 4.53. The zero-order valence-corrected chi connectivity index (χ0v) is 19.2. The number of piperazine rings is 2. The van der Waals surface area contributed by atoms with Crippen LogP contribution < -0.4 is 10.2 Å². The van der Waals surface area contributed by atoms with E-state index in [-0.39, 0.29) is 0 Å². The third kappa shape index (κ3) is 6.40. The molecule has 2 fully saturated rings. The van der Waals surface area contributed by atoms with Crippen LogP contribution in [0.3, 0.4) is 0 Å². The van der Waals surface area contributed by atoms with Crippen LogP contribution in [-0.4, -0.2) is 103 Å². The molecule has 2 saturated heterocycles. The minimum Gasteiger partial charge on any atom is -0.356 e. The topological polar surface area (TPSA) is 63.1 Å². The molecule has 0 atom stereocenters. The monoisotopic (exact) mass is 436 g/mol. The van der Waals surface area contributed by atoms with Gasteiger partial charge in [0.05, 0.1) is 0 Å². The number of rotatable bonds is 7. The summed E-state index contributed by atoms with van der Waals surface area (Å²) in [4.78, 5) is 23.0. The van der Waals surface area contributed by atoms with Crippen molar-refractivity contribution in [2.24, 2.45) is 4.99 Å². The smallest absolute Gasteiger partial charge is 0.225 e. The molecule has 0 unspecified atom stereocenters. The fourth-order valence-corrected chi connectivity index (χ4v) is 4.42. The predicted octanol–water partition coefficient (Wildman–Crippen LogP) is 1.38. The van der Waals surface area contributed by atoms with Crippen molar-refractivity contribution >= 4 is 11.9 Å². The molecule has 172 valence electrons. The SMILES string of the molecule is CN=C(NCCCN1CCN(c2ncccn2)CC1)N1CCN(Cc2ccccc2)CC1. The van der Waals surface area contributed by atoms with Gasteiger partial charge < -0.3 is 15.1 Å². The molecule has 32 heavy (non-hydrogen) atoms. The second kappa shape index (κ2) is 11.8. The van der Waals surface area contributed by atoms with Crippen molar-refractivity contribution in [3.05, 3.63) is 54.4 Å². The summed E-state index contributed by atoms with van der Waals surface area (Å²) in [5.74, 6) is 1.89. The van der Waals surface area contributed by atoms with Crippen molar-refractivity contribution < 1.29 is 0 Å². The predicted molar refractivity (Wildman–Crippen MR) is 130 cm³/mol. The van der Waals surface area contributed by atoms with Gasteiger partial charge in [-0.2, -0.15) is 0 Å². The van der Waals surface area contributed by atoms with E-state index in [1.807, 2.05) is 25.5 Å². The maximum Gasteiger partial charge on any atom is 0.225 e. The van der Waals surface area contributed by atoms with Gasteiger partial charge in [0.15, 0.2) is 5.96 Å².